The molecule has 1 heterocycles. The summed E-state index contributed by atoms with van der Waals surface area (Å²) in [7, 11) is 0. The van der Waals surface area contributed by atoms with E-state index in [9.17, 15) is 9.59 Å². The van der Waals surface area contributed by atoms with Gasteiger partial charge in [-0.1, -0.05) is 12.1 Å². The zero-order chi connectivity index (χ0) is 17.6. The molecule has 0 aliphatic rings. The largest absolute Gasteiger partial charge is 0.492 e. The van der Waals surface area contributed by atoms with Gasteiger partial charge in [0.1, 0.15) is 11.3 Å². The Hall–Kier alpha value is -3.35. The zero-order valence-electron chi connectivity index (χ0n) is 13.5. The first kappa shape index (κ1) is 16.5. The van der Waals surface area contributed by atoms with E-state index in [1.165, 1.54) is 6.39 Å². The fourth-order valence-electron chi connectivity index (χ4n) is 2.24. The maximum absolute atomic E-state index is 12.1. The number of benzene rings is 2. The number of nitrogens with zero attached hydrogens (tertiary/aromatic N) is 1. The van der Waals surface area contributed by atoms with Gasteiger partial charge in [0.2, 0.25) is 0 Å². The molecule has 0 aliphatic carbocycles. The molecule has 0 saturated heterocycles. The summed E-state index contributed by atoms with van der Waals surface area (Å²) in [5, 5.41) is 2.66. The highest BCUT2D eigenvalue weighted by Gasteiger charge is 2.13. The Morgan fingerprint density at radius 2 is 2.04 bits per heavy atom. The molecule has 2 aromatic carbocycles. The number of hydrogen-bond acceptors (Lipinski definition) is 6. The van der Waals surface area contributed by atoms with Crippen molar-refractivity contribution in [2.45, 2.75) is 6.92 Å². The maximum Gasteiger partial charge on any atom is 0.338 e. The number of esters is 1. The molecule has 0 unspecified atom stereocenters. The third-order valence-electron chi connectivity index (χ3n) is 3.36. The predicted octanol–water partition coefficient (Wildman–Crippen LogP) is 3.02. The van der Waals surface area contributed by atoms with Crippen LogP contribution in [0.3, 0.4) is 0 Å². The van der Waals surface area contributed by atoms with Crippen LogP contribution in [0.5, 0.6) is 5.75 Å². The molecule has 0 radical (unpaired) electrons. The Labute approximate surface area is 143 Å². The molecule has 0 spiro atoms. The van der Waals surface area contributed by atoms with Gasteiger partial charge >= 0.3 is 5.97 Å². The van der Waals surface area contributed by atoms with Gasteiger partial charge < -0.3 is 19.2 Å². The number of fused-ring (bicyclic) bond motifs is 1. The van der Waals surface area contributed by atoms with Gasteiger partial charge in [0, 0.05) is 0 Å². The molecule has 7 nitrogen and oxygen atoms in total. The Morgan fingerprint density at radius 3 is 2.88 bits per heavy atom. The Bertz CT molecular complexity index is 903. The van der Waals surface area contributed by atoms with Crippen LogP contribution in [-0.4, -0.2) is 30.1 Å². The van der Waals surface area contributed by atoms with E-state index in [-0.39, 0.29) is 0 Å². The number of oxazole rings is 1. The smallest absolute Gasteiger partial charge is 0.338 e. The Balaban J connectivity index is 1.59. The molecule has 0 atom stereocenters. The molecule has 7 heteroatoms. The molecule has 0 fully saturated rings. The fourth-order valence-corrected chi connectivity index (χ4v) is 2.24. The van der Waals surface area contributed by atoms with Gasteiger partial charge in [0.15, 0.2) is 18.6 Å². The first-order valence-electron chi connectivity index (χ1n) is 7.69. The van der Waals surface area contributed by atoms with Gasteiger partial charge in [0.05, 0.1) is 17.9 Å². The molecule has 0 saturated carbocycles. The third-order valence-corrected chi connectivity index (χ3v) is 3.36. The van der Waals surface area contributed by atoms with Crippen LogP contribution in [0.4, 0.5) is 5.69 Å². The molecular formula is C18H16N2O5. The van der Waals surface area contributed by atoms with Crippen molar-refractivity contribution in [3.8, 4) is 5.75 Å². The molecular weight excluding hydrogens is 324 g/mol. The quantitative estimate of drug-likeness (QED) is 0.694. The highest BCUT2D eigenvalue weighted by atomic mass is 16.5. The number of amides is 1. The van der Waals surface area contributed by atoms with Crippen LogP contribution >= 0.6 is 0 Å². The second-order valence-corrected chi connectivity index (χ2v) is 5.09. The second-order valence-electron chi connectivity index (χ2n) is 5.09. The highest BCUT2D eigenvalue weighted by molar-refractivity contribution is 5.97. The lowest BCUT2D eigenvalue weighted by Gasteiger charge is -2.11. The average molecular weight is 340 g/mol. The number of ether oxygens (including phenoxy) is 2. The topological polar surface area (TPSA) is 90.7 Å². The van der Waals surface area contributed by atoms with Crippen LogP contribution in [0.15, 0.2) is 53.3 Å². The number of hydrogen-bond donors (Lipinski definition) is 1. The minimum absolute atomic E-state index is 0.295. The van der Waals surface area contributed by atoms with Crippen LogP contribution in [-0.2, 0) is 9.53 Å². The normalized spacial score (nSPS) is 10.4. The standard InChI is InChI=1S/C18H16N2O5/c1-2-23-15-6-4-3-5-13(15)20-17(21)10-24-18(22)12-7-8-16-14(9-12)19-11-25-16/h3-9,11H,2,10H2,1H3,(H,20,21). The molecule has 25 heavy (non-hydrogen) atoms. The van der Waals surface area contributed by atoms with E-state index in [0.29, 0.717) is 34.7 Å². The number of anilines is 1. The number of para-hydroxylation sites is 2. The number of carbonyl (C=O) groups excluding carboxylic acids is 2. The predicted molar refractivity (Wildman–Crippen MR) is 90.5 cm³/mol. The summed E-state index contributed by atoms with van der Waals surface area (Å²) in [6.07, 6.45) is 1.29. The van der Waals surface area contributed by atoms with Crippen LogP contribution in [0, 0.1) is 0 Å². The number of rotatable bonds is 6. The van der Waals surface area contributed by atoms with Crippen LogP contribution in [0.25, 0.3) is 11.1 Å². The molecule has 1 amide bonds. The van der Waals surface area contributed by atoms with Crippen molar-refractivity contribution in [1.82, 2.24) is 4.98 Å². The SMILES string of the molecule is CCOc1ccccc1NC(=O)COC(=O)c1ccc2ocnc2c1. The molecule has 0 bridgehead atoms. The summed E-state index contributed by atoms with van der Waals surface area (Å²) in [4.78, 5) is 28.0. The van der Waals surface area contributed by atoms with Crippen LogP contribution in [0.2, 0.25) is 0 Å². The summed E-state index contributed by atoms with van der Waals surface area (Å²) in [6.45, 7) is 1.93. The summed E-state index contributed by atoms with van der Waals surface area (Å²) < 4.78 is 15.6. The van der Waals surface area contributed by atoms with E-state index < -0.39 is 18.5 Å². The third kappa shape index (κ3) is 3.95. The molecule has 1 aromatic heterocycles. The lowest BCUT2D eigenvalue weighted by Crippen LogP contribution is -2.21. The van der Waals surface area contributed by atoms with Crippen molar-refractivity contribution in [3.05, 3.63) is 54.4 Å². The van der Waals surface area contributed by atoms with Crippen LogP contribution in [0.1, 0.15) is 17.3 Å². The van der Waals surface area contributed by atoms with E-state index in [1.54, 1.807) is 42.5 Å². The van der Waals surface area contributed by atoms with E-state index >= 15 is 0 Å². The zero-order valence-corrected chi connectivity index (χ0v) is 13.5. The Kier molecular flexibility index (Phi) is 4.94. The highest BCUT2D eigenvalue weighted by Crippen LogP contribution is 2.23. The van der Waals surface area contributed by atoms with E-state index in [4.69, 9.17) is 13.9 Å². The van der Waals surface area contributed by atoms with Gasteiger partial charge in [0.25, 0.3) is 5.91 Å². The number of carbonyl (C=O) groups is 2. The molecule has 0 aliphatic heterocycles. The van der Waals surface area contributed by atoms with Gasteiger partial charge in [-0.25, -0.2) is 9.78 Å². The summed E-state index contributed by atoms with van der Waals surface area (Å²) in [6, 6.07) is 11.8. The molecule has 1 N–H and O–H groups in total. The second kappa shape index (κ2) is 7.48. The van der Waals surface area contributed by atoms with Gasteiger partial charge in [-0.3, -0.25) is 4.79 Å². The molecule has 3 aromatic rings. The van der Waals surface area contributed by atoms with E-state index in [2.05, 4.69) is 10.3 Å². The van der Waals surface area contributed by atoms with Crippen molar-refractivity contribution in [2.24, 2.45) is 0 Å². The van der Waals surface area contributed by atoms with E-state index in [0.717, 1.165) is 0 Å². The summed E-state index contributed by atoms with van der Waals surface area (Å²) >= 11 is 0. The number of nitrogens with one attached hydrogen (secondary N) is 1. The van der Waals surface area contributed by atoms with Crippen molar-refractivity contribution in [3.63, 3.8) is 0 Å². The van der Waals surface area contributed by atoms with E-state index in [1.807, 2.05) is 6.92 Å². The number of aromatic nitrogens is 1. The fraction of sp³-hybridized carbons (Fsp3) is 0.167. The van der Waals surface area contributed by atoms with Crippen molar-refractivity contribution in [2.75, 3.05) is 18.5 Å². The average Bonchev–Trinajstić information content (AvgIpc) is 3.09. The summed E-state index contributed by atoms with van der Waals surface area (Å²) in [5.74, 6) is -0.512. The lowest BCUT2D eigenvalue weighted by molar-refractivity contribution is -0.119. The molecule has 3 rings (SSSR count). The van der Waals surface area contributed by atoms with Gasteiger partial charge in [-0.05, 0) is 37.3 Å². The van der Waals surface area contributed by atoms with Crippen molar-refractivity contribution in [1.29, 1.82) is 0 Å². The molecule has 128 valence electrons. The van der Waals surface area contributed by atoms with Crippen molar-refractivity contribution >= 4 is 28.7 Å². The van der Waals surface area contributed by atoms with Gasteiger partial charge in [-0.15, -0.1) is 0 Å². The minimum Gasteiger partial charge on any atom is -0.492 e. The monoisotopic (exact) mass is 340 g/mol. The van der Waals surface area contributed by atoms with Gasteiger partial charge in [-0.2, -0.15) is 0 Å². The maximum atomic E-state index is 12.1. The summed E-state index contributed by atoms with van der Waals surface area (Å²) in [5.41, 5.74) is 1.93. The lowest BCUT2D eigenvalue weighted by atomic mass is 10.2. The minimum atomic E-state index is -0.613. The van der Waals surface area contributed by atoms with Crippen molar-refractivity contribution < 1.29 is 23.5 Å². The Morgan fingerprint density at radius 1 is 1.20 bits per heavy atom. The first-order chi connectivity index (χ1) is 12.2. The van der Waals surface area contributed by atoms with Crippen LogP contribution < -0.4 is 10.1 Å². The first-order valence-corrected chi connectivity index (χ1v) is 7.69.